The molecule has 0 aliphatic rings. The fourth-order valence-electron chi connectivity index (χ4n) is 3.53. The van der Waals surface area contributed by atoms with Crippen LogP contribution in [0.5, 0.6) is 0 Å². The van der Waals surface area contributed by atoms with Crippen LogP contribution in [0.15, 0.2) is 0 Å². The van der Waals surface area contributed by atoms with Crippen LogP contribution < -0.4 is 0 Å². The molecule has 0 aromatic rings. The Balaban J connectivity index is 2.97. The summed E-state index contributed by atoms with van der Waals surface area (Å²) in [6.45, 7) is 2.29. The first-order valence-corrected chi connectivity index (χ1v) is 11.9. The van der Waals surface area contributed by atoms with Gasteiger partial charge in [-0.2, -0.15) is 0 Å². The minimum absolute atomic E-state index is 0.183. The minimum atomic E-state index is 0.183. The van der Waals surface area contributed by atoms with Gasteiger partial charge in [-0.15, -0.1) is 0 Å². The summed E-state index contributed by atoms with van der Waals surface area (Å²) in [5, 5.41) is 9.12. The van der Waals surface area contributed by atoms with Gasteiger partial charge in [0.25, 0.3) is 0 Å². The molecule has 0 saturated heterocycles. The van der Waals surface area contributed by atoms with E-state index in [4.69, 9.17) is 5.11 Å². The lowest BCUT2D eigenvalue weighted by molar-refractivity contribution is 0.517. The normalized spacial score (nSPS) is 11.1. The van der Waals surface area contributed by atoms with Gasteiger partial charge in [-0.3, -0.25) is 0 Å². The van der Waals surface area contributed by atoms with Crippen LogP contribution in [0.25, 0.3) is 0 Å². The highest BCUT2D eigenvalue weighted by Gasteiger charge is 1.96. The van der Waals surface area contributed by atoms with Crippen molar-refractivity contribution in [3.8, 4) is 0 Å². The summed E-state index contributed by atoms with van der Waals surface area (Å²) in [5.74, 6) is 0. The lowest BCUT2D eigenvalue weighted by Gasteiger charge is -2.04. The van der Waals surface area contributed by atoms with Crippen molar-refractivity contribution in [2.24, 2.45) is 0 Å². The van der Waals surface area contributed by atoms with Crippen LogP contribution in [-0.2, 0) is 0 Å². The molecule has 0 heterocycles. The summed E-state index contributed by atoms with van der Waals surface area (Å²) in [4.78, 5) is 0. The predicted octanol–water partition coefficient (Wildman–Crippen LogP) is 9.08. The Morgan fingerprint density at radius 3 is 0.960 bits per heavy atom. The number of hydrogen-bond acceptors (Lipinski definition) is 1. The molecule has 0 bridgehead atoms. The lowest BCUT2D eigenvalue weighted by atomic mass is 10.0. The summed E-state index contributed by atoms with van der Waals surface area (Å²) < 4.78 is 0. The largest absolute Gasteiger partial charge is 0.502 e. The van der Waals surface area contributed by atoms with Gasteiger partial charge in [-0.1, -0.05) is 129 Å². The second-order valence-electron chi connectivity index (χ2n) is 7.86. The molecule has 1 nitrogen and oxygen atoms in total. The average Bonchev–Trinajstić information content (AvgIpc) is 2.60. The van der Waals surface area contributed by atoms with Crippen LogP contribution in [0.4, 0.5) is 0 Å². The Morgan fingerprint density at radius 2 is 0.720 bits per heavy atom. The van der Waals surface area contributed by atoms with Crippen molar-refractivity contribution in [1.29, 1.82) is 0 Å². The lowest BCUT2D eigenvalue weighted by Crippen LogP contribution is -1.90. The molecule has 0 atom stereocenters. The summed E-state index contributed by atoms with van der Waals surface area (Å²) in [5.41, 5.74) is 0. The predicted molar refractivity (Wildman–Crippen MR) is 118 cm³/mol. The third-order valence-electron chi connectivity index (χ3n) is 5.24. The first-order chi connectivity index (χ1) is 12.3. The van der Waals surface area contributed by atoms with Crippen LogP contribution in [0.1, 0.15) is 142 Å². The van der Waals surface area contributed by atoms with E-state index in [2.05, 4.69) is 19.1 Å². The number of unbranched alkanes of at least 4 members (excludes halogenated alkanes) is 19. The van der Waals surface area contributed by atoms with Crippen molar-refractivity contribution in [2.45, 2.75) is 142 Å². The van der Waals surface area contributed by atoms with Crippen LogP contribution >= 0.6 is 12.2 Å². The molecule has 1 N–H and O–H groups in total. The maximum absolute atomic E-state index is 8.94. The van der Waals surface area contributed by atoms with Crippen molar-refractivity contribution in [1.82, 2.24) is 0 Å². The number of rotatable bonds is 21. The Labute approximate surface area is 164 Å². The van der Waals surface area contributed by atoms with Crippen LogP contribution in [0, 0.1) is 0 Å². The summed E-state index contributed by atoms with van der Waals surface area (Å²) in [6.07, 6.45) is 28.8. The molecule has 0 aliphatic heterocycles. The van der Waals surface area contributed by atoms with E-state index in [1.807, 2.05) is 0 Å². The zero-order valence-electron chi connectivity index (χ0n) is 17.2. The molecule has 0 unspecified atom stereocenters. The Morgan fingerprint density at radius 1 is 0.480 bits per heavy atom. The zero-order valence-corrected chi connectivity index (χ0v) is 18.0. The number of thiocarbonyl (C=S) groups is 1. The summed E-state index contributed by atoms with van der Waals surface area (Å²) >= 11 is 4.67. The molecular formula is C23H46OS. The van der Waals surface area contributed by atoms with Crippen LogP contribution in [0.2, 0.25) is 0 Å². The summed E-state index contributed by atoms with van der Waals surface area (Å²) in [6, 6.07) is 0. The Hall–Kier alpha value is -0.110. The highest BCUT2D eigenvalue weighted by atomic mass is 32.1. The van der Waals surface area contributed by atoms with E-state index in [1.54, 1.807) is 0 Å². The number of aliphatic hydroxyl groups excluding tert-OH is 1. The van der Waals surface area contributed by atoms with Gasteiger partial charge in [0.05, 0.1) is 0 Å². The van der Waals surface area contributed by atoms with Gasteiger partial charge in [0.1, 0.15) is 0 Å². The Kier molecular flexibility index (Phi) is 21.8. The molecule has 0 radical (unpaired) electrons. The van der Waals surface area contributed by atoms with E-state index in [1.165, 1.54) is 122 Å². The molecule has 2 heteroatoms. The highest BCUT2D eigenvalue weighted by Crippen LogP contribution is 2.15. The highest BCUT2D eigenvalue weighted by molar-refractivity contribution is 7.80. The topological polar surface area (TPSA) is 20.2 Å². The molecular weight excluding hydrogens is 324 g/mol. The molecule has 0 fully saturated rings. The third kappa shape index (κ3) is 23.9. The molecule has 0 aromatic heterocycles. The molecule has 0 rings (SSSR count). The van der Waals surface area contributed by atoms with Gasteiger partial charge in [0.15, 0.2) is 5.05 Å². The number of hydrogen-bond donors (Lipinski definition) is 1. The van der Waals surface area contributed by atoms with Gasteiger partial charge in [0.2, 0.25) is 0 Å². The van der Waals surface area contributed by atoms with E-state index in [-0.39, 0.29) is 5.05 Å². The van der Waals surface area contributed by atoms with Crippen molar-refractivity contribution in [3.05, 3.63) is 0 Å². The van der Waals surface area contributed by atoms with Crippen molar-refractivity contribution >= 4 is 17.3 Å². The first kappa shape index (κ1) is 24.9. The quantitative estimate of drug-likeness (QED) is 0.160. The standard InChI is InChI=1S/C23H46OS/c1-2-3-4-5-6-7-8-9-10-11-12-13-14-15-16-17-18-19-20-21-22-23(24)25/h2-22H2,1H3,(H,24,25). The van der Waals surface area contributed by atoms with Crippen molar-refractivity contribution in [2.75, 3.05) is 0 Å². The number of aliphatic hydroxyl groups is 1. The monoisotopic (exact) mass is 370 g/mol. The minimum Gasteiger partial charge on any atom is -0.502 e. The maximum Gasteiger partial charge on any atom is 0.156 e. The van der Waals surface area contributed by atoms with Gasteiger partial charge in [0, 0.05) is 6.42 Å². The molecule has 0 aliphatic carbocycles. The molecule has 0 amide bonds. The van der Waals surface area contributed by atoms with E-state index in [0.29, 0.717) is 6.42 Å². The molecule has 0 aromatic carbocycles. The summed E-state index contributed by atoms with van der Waals surface area (Å²) in [7, 11) is 0. The van der Waals surface area contributed by atoms with Crippen LogP contribution in [0.3, 0.4) is 0 Å². The van der Waals surface area contributed by atoms with Crippen molar-refractivity contribution in [3.63, 3.8) is 0 Å². The van der Waals surface area contributed by atoms with Gasteiger partial charge in [-0.05, 0) is 18.6 Å². The van der Waals surface area contributed by atoms with E-state index in [9.17, 15) is 0 Å². The molecule has 25 heavy (non-hydrogen) atoms. The fourth-order valence-corrected chi connectivity index (χ4v) is 3.68. The zero-order chi connectivity index (χ0) is 18.4. The second kappa shape index (κ2) is 21.9. The molecule has 0 spiro atoms. The maximum atomic E-state index is 8.94. The SMILES string of the molecule is CCCCCCCCCCCCCCCCCCCCCCC(O)=S. The average molecular weight is 371 g/mol. The smallest absolute Gasteiger partial charge is 0.156 e. The van der Waals surface area contributed by atoms with Gasteiger partial charge >= 0.3 is 0 Å². The second-order valence-corrected chi connectivity index (χ2v) is 8.33. The van der Waals surface area contributed by atoms with E-state index < -0.39 is 0 Å². The van der Waals surface area contributed by atoms with Gasteiger partial charge < -0.3 is 5.11 Å². The fraction of sp³-hybridized carbons (Fsp3) is 0.957. The van der Waals surface area contributed by atoms with Crippen LogP contribution in [-0.4, -0.2) is 10.2 Å². The third-order valence-corrected chi connectivity index (χ3v) is 5.45. The Bertz CT molecular complexity index is 265. The first-order valence-electron chi connectivity index (χ1n) is 11.5. The van der Waals surface area contributed by atoms with Gasteiger partial charge in [-0.25, -0.2) is 0 Å². The van der Waals surface area contributed by atoms with E-state index in [0.717, 1.165) is 6.42 Å². The van der Waals surface area contributed by atoms with Crippen molar-refractivity contribution < 1.29 is 5.11 Å². The molecule has 0 saturated carbocycles. The van der Waals surface area contributed by atoms with E-state index >= 15 is 0 Å². The molecule has 150 valence electrons.